The molecule has 0 spiro atoms. The number of likely N-dealkylation sites (tertiary alicyclic amines) is 1. The maximum atomic E-state index is 12.9. The van der Waals surface area contributed by atoms with Crippen LogP contribution in [0.5, 0.6) is 0 Å². The van der Waals surface area contributed by atoms with Crippen molar-refractivity contribution in [1.29, 1.82) is 0 Å². The summed E-state index contributed by atoms with van der Waals surface area (Å²) in [5, 5.41) is 0. The van der Waals surface area contributed by atoms with Gasteiger partial charge in [0.05, 0.1) is 6.04 Å². The van der Waals surface area contributed by atoms with Gasteiger partial charge in [-0.05, 0) is 19.8 Å². The molecule has 126 valence electrons. The first-order valence-electron chi connectivity index (χ1n) is 8.41. The van der Waals surface area contributed by atoms with Gasteiger partial charge in [-0.3, -0.25) is 9.59 Å². The fourth-order valence-corrected chi connectivity index (χ4v) is 3.70. The molecule has 6 heteroatoms. The third-order valence-electron chi connectivity index (χ3n) is 5.06. The summed E-state index contributed by atoms with van der Waals surface area (Å²) in [5.41, 5.74) is 0.669. The largest absolute Gasteiger partial charge is 0.364 e. The van der Waals surface area contributed by atoms with Crippen molar-refractivity contribution in [2.45, 2.75) is 45.7 Å². The Kier molecular flexibility index (Phi) is 3.20. The smallest absolute Gasteiger partial charge is 0.259 e. The number of imidazole rings is 1. The zero-order valence-corrected chi connectivity index (χ0v) is 14.2. The summed E-state index contributed by atoms with van der Waals surface area (Å²) in [5.74, 6) is 0.719. The van der Waals surface area contributed by atoms with Crippen molar-refractivity contribution in [3.05, 3.63) is 52.0 Å². The van der Waals surface area contributed by atoms with E-state index in [1.807, 2.05) is 12.4 Å². The number of hydrogen-bond donors (Lipinski definition) is 1. The lowest BCUT2D eigenvalue weighted by atomic mass is 9.74. The normalized spacial score (nSPS) is 22.3. The average Bonchev–Trinajstić information content (AvgIpc) is 3.24. The van der Waals surface area contributed by atoms with E-state index >= 15 is 0 Å². The Bertz CT molecular complexity index is 860. The van der Waals surface area contributed by atoms with Crippen LogP contribution in [-0.4, -0.2) is 31.9 Å². The van der Waals surface area contributed by atoms with E-state index in [1.165, 1.54) is 25.1 Å². The minimum atomic E-state index is -0.231. The molecule has 1 saturated carbocycles. The average molecular weight is 326 g/mol. The van der Waals surface area contributed by atoms with E-state index in [4.69, 9.17) is 0 Å². The maximum Gasteiger partial charge on any atom is 0.259 e. The van der Waals surface area contributed by atoms with Crippen molar-refractivity contribution in [3.63, 3.8) is 0 Å². The first kappa shape index (κ1) is 15.2. The van der Waals surface area contributed by atoms with Crippen LogP contribution < -0.4 is 5.43 Å². The van der Waals surface area contributed by atoms with Crippen LogP contribution in [0.4, 0.5) is 0 Å². The molecule has 2 aromatic heterocycles. The summed E-state index contributed by atoms with van der Waals surface area (Å²) in [6, 6.07) is 1.89. The highest BCUT2D eigenvalue weighted by Gasteiger charge is 2.52. The van der Waals surface area contributed by atoms with Crippen LogP contribution in [0, 0.1) is 12.3 Å². The monoisotopic (exact) mass is 326 g/mol. The number of nitrogens with one attached hydrogen (secondary N) is 1. The number of amides is 1. The standard InChI is InChI=1S/C18H22N4O2/c1-11-8-14(23)13(9-20-11)17(24)22-10-18(2,3)15(22)16-19-6-7-21(16)12-4-5-12/h6-9,12,15H,4-5,10H2,1-3H3,(H,20,23). The van der Waals surface area contributed by atoms with E-state index in [0.717, 1.165) is 11.5 Å². The number of aromatic nitrogens is 3. The van der Waals surface area contributed by atoms with Crippen LogP contribution in [0.3, 0.4) is 0 Å². The molecule has 1 N–H and O–H groups in total. The molecule has 1 unspecified atom stereocenters. The Labute approximate surface area is 140 Å². The third-order valence-corrected chi connectivity index (χ3v) is 5.06. The van der Waals surface area contributed by atoms with Crippen LogP contribution in [0.25, 0.3) is 0 Å². The lowest BCUT2D eigenvalue weighted by molar-refractivity contribution is -0.0380. The van der Waals surface area contributed by atoms with Crippen LogP contribution in [0.15, 0.2) is 29.5 Å². The lowest BCUT2D eigenvalue weighted by Gasteiger charge is -2.53. The molecule has 2 fully saturated rings. The number of carbonyl (C=O) groups is 1. The molecule has 1 aliphatic heterocycles. The van der Waals surface area contributed by atoms with Gasteiger partial charge >= 0.3 is 0 Å². The van der Waals surface area contributed by atoms with Crippen molar-refractivity contribution in [3.8, 4) is 0 Å². The van der Waals surface area contributed by atoms with Gasteiger partial charge in [-0.2, -0.15) is 0 Å². The highest BCUT2D eigenvalue weighted by molar-refractivity contribution is 5.94. The van der Waals surface area contributed by atoms with E-state index in [0.29, 0.717) is 12.6 Å². The van der Waals surface area contributed by atoms with Crippen molar-refractivity contribution in [1.82, 2.24) is 19.4 Å². The van der Waals surface area contributed by atoms with Crippen molar-refractivity contribution >= 4 is 5.91 Å². The molecular formula is C18H22N4O2. The van der Waals surface area contributed by atoms with Gasteiger partial charge in [0.25, 0.3) is 5.91 Å². The van der Waals surface area contributed by atoms with Gasteiger partial charge < -0.3 is 14.5 Å². The summed E-state index contributed by atoms with van der Waals surface area (Å²) >= 11 is 0. The van der Waals surface area contributed by atoms with Gasteiger partial charge in [-0.25, -0.2) is 4.98 Å². The lowest BCUT2D eigenvalue weighted by Crippen LogP contribution is -2.59. The Balaban J connectivity index is 1.69. The van der Waals surface area contributed by atoms with E-state index in [1.54, 1.807) is 11.8 Å². The summed E-state index contributed by atoms with van der Waals surface area (Å²) < 4.78 is 2.20. The molecule has 2 aromatic rings. The number of carbonyl (C=O) groups excluding carboxylic acids is 1. The third kappa shape index (κ3) is 2.28. The second-order valence-corrected chi connectivity index (χ2v) is 7.64. The first-order valence-corrected chi connectivity index (χ1v) is 8.41. The molecule has 2 aliphatic rings. The molecule has 0 bridgehead atoms. The molecule has 1 saturated heterocycles. The zero-order chi connectivity index (χ0) is 17.1. The second-order valence-electron chi connectivity index (χ2n) is 7.64. The van der Waals surface area contributed by atoms with E-state index < -0.39 is 0 Å². The van der Waals surface area contributed by atoms with E-state index in [-0.39, 0.29) is 28.4 Å². The molecule has 24 heavy (non-hydrogen) atoms. The number of H-pyrrole nitrogens is 1. The van der Waals surface area contributed by atoms with Gasteiger partial charge in [0.1, 0.15) is 11.4 Å². The predicted octanol–water partition coefficient (Wildman–Crippen LogP) is 2.44. The minimum Gasteiger partial charge on any atom is -0.364 e. The van der Waals surface area contributed by atoms with Gasteiger partial charge in [0.15, 0.2) is 5.43 Å². The van der Waals surface area contributed by atoms with Gasteiger partial charge in [0.2, 0.25) is 0 Å². The number of pyridine rings is 1. The zero-order valence-electron chi connectivity index (χ0n) is 14.2. The first-order chi connectivity index (χ1) is 11.4. The summed E-state index contributed by atoms with van der Waals surface area (Å²) in [6.07, 6.45) is 7.67. The molecule has 6 nitrogen and oxygen atoms in total. The number of hydrogen-bond acceptors (Lipinski definition) is 3. The van der Waals surface area contributed by atoms with E-state index in [2.05, 4.69) is 28.4 Å². The molecule has 0 aromatic carbocycles. The van der Waals surface area contributed by atoms with Crippen molar-refractivity contribution < 1.29 is 4.79 Å². The summed E-state index contributed by atoms with van der Waals surface area (Å²) in [4.78, 5) is 34.4. The number of nitrogens with zero attached hydrogens (tertiary/aromatic N) is 3. The van der Waals surface area contributed by atoms with Gasteiger partial charge in [-0.1, -0.05) is 13.8 Å². The quantitative estimate of drug-likeness (QED) is 0.942. The Hall–Kier alpha value is -2.37. The Morgan fingerprint density at radius 3 is 2.75 bits per heavy atom. The number of aryl methyl sites for hydroxylation is 1. The Morgan fingerprint density at radius 2 is 2.12 bits per heavy atom. The fraction of sp³-hybridized carbons (Fsp3) is 0.500. The number of aromatic amines is 1. The second kappa shape index (κ2) is 5.06. The Morgan fingerprint density at radius 1 is 1.38 bits per heavy atom. The molecule has 1 atom stereocenters. The fourth-order valence-electron chi connectivity index (χ4n) is 3.70. The predicted molar refractivity (Wildman–Crippen MR) is 89.9 cm³/mol. The highest BCUT2D eigenvalue weighted by atomic mass is 16.2. The van der Waals surface area contributed by atoms with Crippen LogP contribution in [0.2, 0.25) is 0 Å². The van der Waals surface area contributed by atoms with E-state index in [9.17, 15) is 9.59 Å². The maximum absolute atomic E-state index is 12.9. The summed E-state index contributed by atoms with van der Waals surface area (Å²) in [6.45, 7) is 6.72. The molecule has 0 radical (unpaired) electrons. The summed E-state index contributed by atoms with van der Waals surface area (Å²) in [7, 11) is 0. The van der Waals surface area contributed by atoms with Crippen molar-refractivity contribution in [2.75, 3.05) is 6.54 Å². The van der Waals surface area contributed by atoms with Crippen LogP contribution in [-0.2, 0) is 0 Å². The minimum absolute atomic E-state index is 0.0505. The molecule has 1 aliphatic carbocycles. The molecule has 3 heterocycles. The van der Waals surface area contributed by atoms with Crippen LogP contribution in [0.1, 0.15) is 60.6 Å². The van der Waals surface area contributed by atoms with Crippen molar-refractivity contribution in [2.24, 2.45) is 5.41 Å². The van der Waals surface area contributed by atoms with Gasteiger partial charge in [0, 0.05) is 48.4 Å². The van der Waals surface area contributed by atoms with Gasteiger partial charge in [-0.15, -0.1) is 0 Å². The molecule has 1 amide bonds. The molecular weight excluding hydrogens is 304 g/mol. The number of rotatable bonds is 3. The highest BCUT2D eigenvalue weighted by Crippen LogP contribution is 2.50. The molecule has 4 rings (SSSR count). The topological polar surface area (TPSA) is 71.0 Å². The van der Waals surface area contributed by atoms with Crippen LogP contribution >= 0.6 is 0 Å². The SMILES string of the molecule is Cc1cc(=O)c(C(=O)N2CC(C)(C)C2c2nccn2C2CC2)c[nH]1.